The fraction of sp³-hybridized carbons (Fsp3) is 0.280. The van der Waals surface area contributed by atoms with Crippen molar-refractivity contribution in [1.82, 2.24) is 10.3 Å². The molecule has 0 spiro atoms. The Morgan fingerprint density at radius 2 is 1.97 bits per heavy atom. The lowest BCUT2D eigenvalue weighted by Gasteiger charge is -2.28. The lowest BCUT2D eigenvalue weighted by Crippen LogP contribution is -2.38. The molecular formula is C25H25N3O7. The molecule has 0 fully saturated rings. The largest absolute Gasteiger partial charge is 0.493 e. The predicted molar refractivity (Wildman–Crippen MR) is 125 cm³/mol. The lowest BCUT2D eigenvalue weighted by molar-refractivity contribution is -0.121. The molecule has 35 heavy (non-hydrogen) atoms. The number of nitrogens with one attached hydrogen (secondary N) is 1. The van der Waals surface area contributed by atoms with Gasteiger partial charge >= 0.3 is 0 Å². The minimum absolute atomic E-state index is 0.0222. The summed E-state index contributed by atoms with van der Waals surface area (Å²) in [6.07, 6.45) is 2.04. The Bertz CT molecular complexity index is 1240. The quantitative estimate of drug-likeness (QED) is 0.441. The maximum atomic E-state index is 12.8. The SMILES string of the molecule is CCCNC(=O)c1coc(CN2C(=O)COc3ccc(C(=O)COc4ccccc4OC)cc32)n1. The molecule has 0 radical (unpaired) electrons. The average molecular weight is 479 g/mol. The van der Waals surface area contributed by atoms with Crippen LogP contribution >= 0.6 is 0 Å². The van der Waals surface area contributed by atoms with Crippen molar-refractivity contribution in [2.75, 3.05) is 31.8 Å². The van der Waals surface area contributed by atoms with E-state index in [0.29, 0.717) is 35.0 Å². The number of para-hydroxylation sites is 2. The van der Waals surface area contributed by atoms with E-state index in [2.05, 4.69) is 10.3 Å². The Balaban J connectivity index is 1.50. The van der Waals surface area contributed by atoms with Crippen molar-refractivity contribution in [2.24, 2.45) is 0 Å². The monoisotopic (exact) mass is 479 g/mol. The number of ether oxygens (including phenoxy) is 3. The molecule has 0 saturated carbocycles. The molecule has 0 unspecified atom stereocenters. The summed E-state index contributed by atoms with van der Waals surface area (Å²) < 4.78 is 21.8. The third-order valence-electron chi connectivity index (χ3n) is 5.27. The summed E-state index contributed by atoms with van der Waals surface area (Å²) in [5.74, 6) is 0.626. The third-order valence-corrected chi connectivity index (χ3v) is 5.27. The Morgan fingerprint density at radius 1 is 1.17 bits per heavy atom. The van der Waals surface area contributed by atoms with Crippen molar-refractivity contribution >= 4 is 23.3 Å². The summed E-state index contributed by atoms with van der Waals surface area (Å²) in [5.41, 5.74) is 0.875. The molecule has 1 aromatic heterocycles. The van der Waals surface area contributed by atoms with Crippen LogP contribution in [0.2, 0.25) is 0 Å². The maximum Gasteiger partial charge on any atom is 0.273 e. The molecule has 1 aliphatic rings. The van der Waals surface area contributed by atoms with Crippen LogP contribution in [0.5, 0.6) is 17.2 Å². The zero-order chi connectivity index (χ0) is 24.8. The van der Waals surface area contributed by atoms with Crippen molar-refractivity contribution in [3.63, 3.8) is 0 Å². The summed E-state index contributed by atoms with van der Waals surface area (Å²) in [6.45, 7) is 2.06. The van der Waals surface area contributed by atoms with Crippen LogP contribution in [0.25, 0.3) is 0 Å². The number of carbonyl (C=O) groups excluding carboxylic acids is 3. The van der Waals surface area contributed by atoms with E-state index < -0.39 is 0 Å². The number of hydrogen-bond donors (Lipinski definition) is 1. The van der Waals surface area contributed by atoms with Gasteiger partial charge in [0.25, 0.3) is 11.8 Å². The molecule has 1 aliphatic heterocycles. The van der Waals surface area contributed by atoms with E-state index in [1.54, 1.807) is 42.5 Å². The van der Waals surface area contributed by atoms with Crippen molar-refractivity contribution in [2.45, 2.75) is 19.9 Å². The van der Waals surface area contributed by atoms with E-state index in [9.17, 15) is 14.4 Å². The van der Waals surface area contributed by atoms with Gasteiger partial charge in [0, 0.05) is 12.1 Å². The van der Waals surface area contributed by atoms with Crippen LogP contribution < -0.4 is 24.4 Å². The van der Waals surface area contributed by atoms with E-state index in [-0.39, 0.29) is 48.9 Å². The molecule has 1 N–H and O–H groups in total. The number of oxazole rings is 1. The summed E-state index contributed by atoms with van der Waals surface area (Å²) in [5, 5.41) is 2.72. The number of amides is 2. The molecule has 0 bridgehead atoms. The molecule has 2 amide bonds. The number of hydrogen-bond acceptors (Lipinski definition) is 8. The van der Waals surface area contributed by atoms with Crippen LogP contribution in [0.1, 0.15) is 40.1 Å². The van der Waals surface area contributed by atoms with Crippen molar-refractivity contribution in [3.05, 3.63) is 65.9 Å². The highest BCUT2D eigenvalue weighted by molar-refractivity contribution is 6.02. The minimum Gasteiger partial charge on any atom is -0.493 e. The van der Waals surface area contributed by atoms with Gasteiger partial charge in [0.15, 0.2) is 36.2 Å². The maximum absolute atomic E-state index is 12.8. The molecular weight excluding hydrogens is 454 g/mol. The first kappa shape index (κ1) is 23.8. The highest BCUT2D eigenvalue weighted by Crippen LogP contribution is 2.34. The first-order valence-corrected chi connectivity index (χ1v) is 11.1. The van der Waals surface area contributed by atoms with Gasteiger partial charge in [-0.3, -0.25) is 19.3 Å². The minimum atomic E-state index is -0.349. The second kappa shape index (κ2) is 10.7. The van der Waals surface area contributed by atoms with Crippen LogP contribution in [-0.2, 0) is 11.3 Å². The average Bonchev–Trinajstić information content (AvgIpc) is 3.36. The number of nitrogens with zero attached hydrogens (tertiary/aromatic N) is 2. The summed E-state index contributed by atoms with van der Waals surface area (Å²) in [6, 6.07) is 11.8. The van der Waals surface area contributed by atoms with E-state index in [0.717, 1.165) is 6.42 Å². The fourth-order valence-corrected chi connectivity index (χ4v) is 3.47. The van der Waals surface area contributed by atoms with E-state index >= 15 is 0 Å². The normalized spacial score (nSPS) is 12.5. The highest BCUT2D eigenvalue weighted by atomic mass is 16.5. The summed E-state index contributed by atoms with van der Waals surface area (Å²) in [7, 11) is 1.52. The number of anilines is 1. The molecule has 10 nitrogen and oxygen atoms in total. The number of benzene rings is 2. The molecule has 2 aromatic carbocycles. The van der Waals surface area contributed by atoms with E-state index in [1.165, 1.54) is 18.3 Å². The van der Waals surface area contributed by atoms with Gasteiger partial charge in [-0.05, 0) is 36.8 Å². The van der Waals surface area contributed by atoms with Gasteiger partial charge in [0.1, 0.15) is 18.6 Å². The van der Waals surface area contributed by atoms with Crippen molar-refractivity contribution in [3.8, 4) is 17.2 Å². The standard InChI is InChI=1S/C25H25N3O7/c1-3-10-26-25(31)17-13-35-23(27-17)12-28-18-11-16(8-9-20(18)34-15-24(28)30)19(29)14-33-22-7-5-4-6-21(22)32-2/h4-9,11,13H,3,10,12,14-15H2,1-2H3,(H,26,31). The number of carbonyl (C=O) groups is 3. The van der Waals surface area contributed by atoms with Crippen molar-refractivity contribution < 1.29 is 33.0 Å². The predicted octanol–water partition coefficient (Wildman–Crippen LogP) is 3.01. The van der Waals surface area contributed by atoms with Gasteiger partial charge < -0.3 is 23.9 Å². The number of aromatic nitrogens is 1. The third kappa shape index (κ3) is 5.43. The molecule has 10 heteroatoms. The van der Waals surface area contributed by atoms with E-state index in [1.807, 2.05) is 6.92 Å². The molecule has 2 heterocycles. The van der Waals surface area contributed by atoms with Crippen molar-refractivity contribution in [1.29, 1.82) is 0 Å². The fourth-order valence-electron chi connectivity index (χ4n) is 3.47. The lowest BCUT2D eigenvalue weighted by atomic mass is 10.1. The molecule has 182 valence electrons. The first-order valence-electron chi connectivity index (χ1n) is 11.1. The van der Waals surface area contributed by atoms with Gasteiger partial charge in [-0.2, -0.15) is 0 Å². The molecule has 3 aromatic rings. The van der Waals surface area contributed by atoms with E-state index in [4.69, 9.17) is 18.6 Å². The highest BCUT2D eigenvalue weighted by Gasteiger charge is 2.28. The van der Waals surface area contributed by atoms with Gasteiger partial charge in [-0.1, -0.05) is 19.1 Å². The molecule has 0 aliphatic carbocycles. The molecule has 0 saturated heterocycles. The zero-order valence-electron chi connectivity index (χ0n) is 19.4. The smallest absolute Gasteiger partial charge is 0.273 e. The second-order valence-corrected chi connectivity index (χ2v) is 7.70. The van der Waals surface area contributed by atoms with Gasteiger partial charge in [-0.15, -0.1) is 0 Å². The van der Waals surface area contributed by atoms with Crippen LogP contribution in [0, 0.1) is 0 Å². The topological polar surface area (TPSA) is 120 Å². The Labute approximate surface area is 201 Å². The number of rotatable bonds is 10. The zero-order valence-corrected chi connectivity index (χ0v) is 19.4. The Morgan fingerprint density at radius 3 is 2.74 bits per heavy atom. The number of methoxy groups -OCH3 is 1. The summed E-state index contributed by atoms with van der Waals surface area (Å²) >= 11 is 0. The van der Waals surface area contributed by atoms with Crippen LogP contribution in [0.4, 0.5) is 5.69 Å². The Kier molecular flexibility index (Phi) is 7.30. The van der Waals surface area contributed by atoms with Gasteiger partial charge in [-0.25, -0.2) is 4.98 Å². The first-order chi connectivity index (χ1) is 17.0. The molecule has 0 atom stereocenters. The molecule has 4 rings (SSSR count). The summed E-state index contributed by atoms with van der Waals surface area (Å²) in [4.78, 5) is 43.2. The second-order valence-electron chi connectivity index (χ2n) is 7.70. The number of fused-ring (bicyclic) bond motifs is 1. The van der Waals surface area contributed by atoms with Crippen LogP contribution in [0.3, 0.4) is 0 Å². The van der Waals surface area contributed by atoms with Crippen LogP contribution in [0.15, 0.2) is 53.1 Å². The Hall–Kier alpha value is -4.34. The van der Waals surface area contributed by atoms with Gasteiger partial charge in [0.05, 0.1) is 12.8 Å². The number of ketones is 1. The van der Waals surface area contributed by atoms with Crippen LogP contribution in [-0.4, -0.2) is 49.4 Å². The van der Waals surface area contributed by atoms with Gasteiger partial charge in [0.2, 0.25) is 5.89 Å². The number of Topliss-reactive ketones (excluding diaryl/α,β-unsaturated/α-hetero) is 1.